The van der Waals surface area contributed by atoms with Crippen molar-refractivity contribution in [1.82, 2.24) is 0 Å². The standard InChI is InChI=1S/C13H23O3Si/c1-6-11(13(4,5)16-17)8-7-9-15-12(14)10(2)3/h11H,2,6-9H2,1,3-5H3. The van der Waals surface area contributed by atoms with Crippen molar-refractivity contribution < 1.29 is 14.0 Å². The second-order valence-corrected chi connectivity index (χ2v) is 5.07. The molecule has 0 rings (SSSR count). The van der Waals surface area contributed by atoms with E-state index in [0.29, 0.717) is 18.1 Å². The molecule has 0 aromatic carbocycles. The van der Waals surface area contributed by atoms with Crippen molar-refractivity contribution >= 4 is 16.5 Å². The van der Waals surface area contributed by atoms with Crippen molar-refractivity contribution in [1.29, 1.82) is 0 Å². The Morgan fingerprint density at radius 3 is 2.47 bits per heavy atom. The Kier molecular flexibility index (Phi) is 7.39. The molecule has 3 radical (unpaired) electrons. The van der Waals surface area contributed by atoms with Gasteiger partial charge in [-0.3, -0.25) is 0 Å². The molecule has 0 bridgehead atoms. The van der Waals surface area contributed by atoms with Gasteiger partial charge in [-0.25, -0.2) is 4.79 Å². The average molecular weight is 255 g/mol. The zero-order valence-electron chi connectivity index (χ0n) is 11.3. The zero-order valence-corrected chi connectivity index (χ0v) is 12.3. The predicted octanol–water partition coefficient (Wildman–Crippen LogP) is 2.79. The third kappa shape index (κ3) is 6.03. The summed E-state index contributed by atoms with van der Waals surface area (Å²) in [4.78, 5) is 11.2. The van der Waals surface area contributed by atoms with Gasteiger partial charge < -0.3 is 9.16 Å². The Morgan fingerprint density at radius 1 is 1.47 bits per heavy atom. The van der Waals surface area contributed by atoms with E-state index >= 15 is 0 Å². The van der Waals surface area contributed by atoms with Gasteiger partial charge >= 0.3 is 5.97 Å². The van der Waals surface area contributed by atoms with Crippen LogP contribution in [0.5, 0.6) is 0 Å². The summed E-state index contributed by atoms with van der Waals surface area (Å²) in [6, 6.07) is 0. The highest BCUT2D eigenvalue weighted by atomic mass is 28.2. The number of carbonyl (C=O) groups excluding carboxylic acids is 1. The summed E-state index contributed by atoms with van der Waals surface area (Å²) >= 11 is 0. The molecule has 0 amide bonds. The van der Waals surface area contributed by atoms with Crippen LogP contribution in [-0.4, -0.2) is 28.7 Å². The van der Waals surface area contributed by atoms with Gasteiger partial charge in [0.15, 0.2) is 0 Å². The highest BCUT2D eigenvalue weighted by Crippen LogP contribution is 2.27. The van der Waals surface area contributed by atoms with E-state index in [4.69, 9.17) is 9.16 Å². The van der Waals surface area contributed by atoms with Crippen LogP contribution in [0, 0.1) is 5.92 Å². The van der Waals surface area contributed by atoms with Gasteiger partial charge in [-0.1, -0.05) is 19.9 Å². The van der Waals surface area contributed by atoms with Crippen LogP contribution in [0.25, 0.3) is 0 Å². The van der Waals surface area contributed by atoms with Crippen LogP contribution in [0.3, 0.4) is 0 Å². The van der Waals surface area contributed by atoms with E-state index < -0.39 is 0 Å². The molecule has 0 aliphatic carbocycles. The lowest BCUT2D eigenvalue weighted by Gasteiger charge is -2.33. The summed E-state index contributed by atoms with van der Waals surface area (Å²) < 4.78 is 10.3. The van der Waals surface area contributed by atoms with Gasteiger partial charge in [0.1, 0.15) is 0 Å². The minimum Gasteiger partial charge on any atom is -0.462 e. The molecule has 4 heteroatoms. The van der Waals surface area contributed by atoms with Gasteiger partial charge in [-0.05, 0) is 39.5 Å². The van der Waals surface area contributed by atoms with Gasteiger partial charge in [0, 0.05) is 5.57 Å². The largest absolute Gasteiger partial charge is 0.462 e. The Hall–Kier alpha value is -0.613. The van der Waals surface area contributed by atoms with E-state index in [9.17, 15) is 4.79 Å². The van der Waals surface area contributed by atoms with Crippen LogP contribution < -0.4 is 0 Å². The van der Waals surface area contributed by atoms with E-state index in [-0.39, 0.29) is 11.6 Å². The topological polar surface area (TPSA) is 35.5 Å². The molecular weight excluding hydrogens is 232 g/mol. The molecule has 0 heterocycles. The molecule has 97 valence electrons. The van der Waals surface area contributed by atoms with Gasteiger partial charge in [-0.2, -0.15) is 0 Å². The van der Waals surface area contributed by atoms with Crippen LogP contribution in [-0.2, 0) is 14.0 Å². The van der Waals surface area contributed by atoms with E-state index in [2.05, 4.69) is 24.0 Å². The first-order valence-electron chi connectivity index (χ1n) is 6.02. The van der Waals surface area contributed by atoms with E-state index in [1.54, 1.807) is 6.92 Å². The van der Waals surface area contributed by atoms with Gasteiger partial charge in [0.2, 0.25) is 10.5 Å². The Balaban J connectivity index is 3.94. The van der Waals surface area contributed by atoms with Crippen LogP contribution in [0.15, 0.2) is 12.2 Å². The molecule has 0 aliphatic heterocycles. The molecular formula is C13H23O3Si. The van der Waals surface area contributed by atoms with E-state index in [1.807, 2.05) is 13.8 Å². The fraction of sp³-hybridized carbons (Fsp3) is 0.769. The summed E-state index contributed by atoms with van der Waals surface area (Å²) in [5.74, 6) is 0.122. The molecule has 0 aliphatic rings. The first-order valence-corrected chi connectivity index (χ1v) is 6.43. The van der Waals surface area contributed by atoms with Crippen molar-refractivity contribution in [2.75, 3.05) is 6.61 Å². The molecule has 0 N–H and O–H groups in total. The molecule has 0 saturated heterocycles. The minimum absolute atomic E-state index is 0.204. The first-order chi connectivity index (χ1) is 7.85. The monoisotopic (exact) mass is 255 g/mol. The zero-order chi connectivity index (χ0) is 13.5. The van der Waals surface area contributed by atoms with Crippen LogP contribution >= 0.6 is 0 Å². The Bertz CT molecular complexity index is 261. The number of rotatable bonds is 8. The predicted molar refractivity (Wildman–Crippen MR) is 69.7 cm³/mol. The van der Waals surface area contributed by atoms with Crippen LogP contribution in [0.1, 0.15) is 47.0 Å². The van der Waals surface area contributed by atoms with Crippen molar-refractivity contribution in [3.05, 3.63) is 12.2 Å². The smallest absolute Gasteiger partial charge is 0.333 e. The molecule has 0 aromatic rings. The molecule has 1 unspecified atom stereocenters. The minimum atomic E-state index is -0.311. The normalized spacial score (nSPS) is 13.2. The number of hydrogen-bond donors (Lipinski definition) is 0. The van der Waals surface area contributed by atoms with Gasteiger partial charge in [-0.15, -0.1) is 0 Å². The molecule has 0 spiro atoms. The maximum absolute atomic E-state index is 11.2. The summed E-state index contributed by atoms with van der Waals surface area (Å²) in [6.45, 7) is 11.9. The lowest BCUT2D eigenvalue weighted by Crippen LogP contribution is -2.33. The van der Waals surface area contributed by atoms with E-state index in [1.165, 1.54) is 0 Å². The highest BCUT2D eigenvalue weighted by molar-refractivity contribution is 5.98. The fourth-order valence-corrected chi connectivity index (χ4v) is 1.91. The van der Waals surface area contributed by atoms with Crippen molar-refractivity contribution in [2.45, 2.75) is 52.6 Å². The van der Waals surface area contributed by atoms with Crippen molar-refractivity contribution in [3.8, 4) is 0 Å². The number of carbonyl (C=O) groups is 1. The summed E-state index contributed by atoms with van der Waals surface area (Å²) in [5.41, 5.74) is 0.241. The third-order valence-electron chi connectivity index (χ3n) is 3.02. The van der Waals surface area contributed by atoms with Crippen LogP contribution in [0.4, 0.5) is 0 Å². The number of ether oxygens (including phenoxy) is 1. The average Bonchev–Trinajstić information content (AvgIpc) is 2.28. The summed E-state index contributed by atoms with van der Waals surface area (Å²) in [7, 11) is 3.12. The number of esters is 1. The molecule has 1 atom stereocenters. The third-order valence-corrected chi connectivity index (χ3v) is 3.54. The Labute approximate surface area is 108 Å². The maximum Gasteiger partial charge on any atom is 0.333 e. The first kappa shape index (κ1) is 16.4. The van der Waals surface area contributed by atoms with Crippen LogP contribution in [0.2, 0.25) is 0 Å². The SMILES string of the molecule is C=C(C)C(=O)OCCCC(CC)C(C)(C)O[Si]. The van der Waals surface area contributed by atoms with Gasteiger partial charge in [0.05, 0.1) is 12.2 Å². The second kappa shape index (κ2) is 7.66. The lowest BCUT2D eigenvalue weighted by molar-refractivity contribution is -0.139. The molecule has 0 saturated carbocycles. The highest BCUT2D eigenvalue weighted by Gasteiger charge is 2.26. The molecule has 0 fully saturated rings. The van der Waals surface area contributed by atoms with E-state index in [0.717, 1.165) is 19.3 Å². The summed E-state index contributed by atoms with van der Waals surface area (Å²) in [6.07, 6.45) is 2.85. The van der Waals surface area contributed by atoms with Crippen molar-refractivity contribution in [2.24, 2.45) is 5.92 Å². The Morgan fingerprint density at radius 2 is 2.06 bits per heavy atom. The fourth-order valence-electron chi connectivity index (χ4n) is 1.74. The number of hydrogen-bond acceptors (Lipinski definition) is 3. The molecule has 17 heavy (non-hydrogen) atoms. The lowest BCUT2D eigenvalue weighted by atomic mass is 9.85. The van der Waals surface area contributed by atoms with Gasteiger partial charge in [0.25, 0.3) is 0 Å². The summed E-state index contributed by atoms with van der Waals surface area (Å²) in [5, 5.41) is 0. The molecule has 3 nitrogen and oxygen atoms in total. The van der Waals surface area contributed by atoms with Crippen molar-refractivity contribution in [3.63, 3.8) is 0 Å². The second-order valence-electron chi connectivity index (χ2n) is 4.87. The maximum atomic E-state index is 11.2. The molecule has 0 aromatic heterocycles. The quantitative estimate of drug-likeness (QED) is 0.289.